The van der Waals surface area contributed by atoms with Crippen LogP contribution in [-0.4, -0.2) is 38.1 Å². The molecule has 1 aromatic carbocycles. The highest BCUT2D eigenvalue weighted by atomic mass is 16.6. The van der Waals surface area contributed by atoms with Crippen molar-refractivity contribution >= 4 is 13.8 Å². The van der Waals surface area contributed by atoms with Gasteiger partial charge in [0.1, 0.15) is 20.1 Å². The van der Waals surface area contributed by atoms with Crippen molar-refractivity contribution < 1.29 is 19.0 Å². The zero-order chi connectivity index (χ0) is 15.0. The van der Waals surface area contributed by atoms with E-state index in [4.69, 9.17) is 22.1 Å². The van der Waals surface area contributed by atoms with Gasteiger partial charge in [-0.1, -0.05) is 37.3 Å². The summed E-state index contributed by atoms with van der Waals surface area (Å²) >= 11 is 0. The van der Waals surface area contributed by atoms with Crippen molar-refractivity contribution in [2.75, 3.05) is 6.61 Å². The molecule has 2 heterocycles. The van der Waals surface area contributed by atoms with Crippen molar-refractivity contribution in [3.8, 4) is 0 Å². The Kier molecular flexibility index (Phi) is 3.80. The van der Waals surface area contributed by atoms with E-state index >= 15 is 0 Å². The lowest BCUT2D eigenvalue weighted by Crippen LogP contribution is -2.47. The summed E-state index contributed by atoms with van der Waals surface area (Å²) in [6.07, 6.45) is -0.130. The average Bonchev–Trinajstić information content (AvgIpc) is 2.95. The predicted octanol–water partition coefficient (Wildman–Crippen LogP) is 1.66. The maximum absolute atomic E-state index is 12.3. The molecule has 4 nitrogen and oxygen atoms in total. The Morgan fingerprint density at radius 3 is 2.76 bits per heavy atom. The molecule has 1 unspecified atom stereocenters. The van der Waals surface area contributed by atoms with Crippen LogP contribution in [0.5, 0.6) is 0 Å². The van der Waals surface area contributed by atoms with Gasteiger partial charge < -0.3 is 14.2 Å². The molecule has 2 saturated heterocycles. The smallest absolute Gasteiger partial charge is 0.312 e. The maximum atomic E-state index is 12.3. The lowest BCUT2D eigenvalue weighted by molar-refractivity contribution is -0.174. The first kappa shape index (κ1) is 14.6. The van der Waals surface area contributed by atoms with Crippen LogP contribution in [0.4, 0.5) is 0 Å². The van der Waals surface area contributed by atoms with Gasteiger partial charge in [0.05, 0.1) is 18.6 Å². The molecular formula is C16H19BO4. The second-order valence-electron chi connectivity index (χ2n) is 5.92. The SMILES string of the molecule is [B][C@@H]1O[C@@]2([C@H](C)C(=O)OCc3ccccc3)CO[C@H]1C2C. The molecule has 0 N–H and O–H groups in total. The van der Waals surface area contributed by atoms with Crippen molar-refractivity contribution in [1.29, 1.82) is 0 Å². The zero-order valence-electron chi connectivity index (χ0n) is 12.3. The highest BCUT2D eigenvalue weighted by Gasteiger charge is 2.61. The van der Waals surface area contributed by atoms with Crippen molar-refractivity contribution in [2.45, 2.75) is 38.2 Å². The third-order valence-corrected chi connectivity index (χ3v) is 4.75. The highest BCUT2D eigenvalue weighted by molar-refractivity contribution is 6.11. The lowest BCUT2D eigenvalue weighted by atomic mass is 9.79. The van der Waals surface area contributed by atoms with Crippen LogP contribution in [0.1, 0.15) is 19.4 Å². The minimum atomic E-state index is -0.655. The fourth-order valence-electron chi connectivity index (χ4n) is 3.30. The van der Waals surface area contributed by atoms with E-state index in [1.807, 2.05) is 44.2 Å². The number of rotatable bonds is 4. The quantitative estimate of drug-likeness (QED) is 0.624. The second-order valence-corrected chi connectivity index (χ2v) is 5.92. The summed E-state index contributed by atoms with van der Waals surface area (Å²) in [5.41, 5.74) is 0.311. The molecule has 0 aromatic heterocycles. The van der Waals surface area contributed by atoms with Gasteiger partial charge in [-0.3, -0.25) is 4.79 Å². The summed E-state index contributed by atoms with van der Waals surface area (Å²) in [4.78, 5) is 12.3. The largest absolute Gasteiger partial charge is 0.461 e. The van der Waals surface area contributed by atoms with Crippen LogP contribution in [0, 0.1) is 11.8 Å². The van der Waals surface area contributed by atoms with E-state index in [1.54, 1.807) is 0 Å². The lowest BCUT2D eigenvalue weighted by Gasteiger charge is -2.34. The molecule has 2 radical (unpaired) electrons. The van der Waals surface area contributed by atoms with E-state index in [1.165, 1.54) is 0 Å². The molecule has 1 aromatic rings. The number of carbonyl (C=O) groups is 1. The predicted molar refractivity (Wildman–Crippen MR) is 77.7 cm³/mol. The van der Waals surface area contributed by atoms with Gasteiger partial charge in [-0.15, -0.1) is 0 Å². The van der Waals surface area contributed by atoms with Gasteiger partial charge in [0.15, 0.2) is 0 Å². The first-order valence-corrected chi connectivity index (χ1v) is 7.30. The first-order valence-electron chi connectivity index (χ1n) is 7.30. The van der Waals surface area contributed by atoms with Crippen LogP contribution in [0.25, 0.3) is 0 Å². The number of esters is 1. The van der Waals surface area contributed by atoms with Gasteiger partial charge in [-0.25, -0.2) is 0 Å². The molecule has 110 valence electrons. The third kappa shape index (κ3) is 2.38. The molecule has 0 aliphatic carbocycles. The third-order valence-electron chi connectivity index (χ3n) is 4.75. The monoisotopic (exact) mass is 286 g/mol. The Bertz CT molecular complexity index is 520. The second kappa shape index (κ2) is 5.46. The van der Waals surface area contributed by atoms with Gasteiger partial charge in [-0.2, -0.15) is 0 Å². The van der Waals surface area contributed by atoms with Gasteiger partial charge >= 0.3 is 5.97 Å². The summed E-state index contributed by atoms with van der Waals surface area (Å²) in [7, 11) is 5.90. The maximum Gasteiger partial charge on any atom is 0.312 e. The van der Waals surface area contributed by atoms with E-state index in [9.17, 15) is 4.79 Å². The van der Waals surface area contributed by atoms with Crippen LogP contribution >= 0.6 is 0 Å². The summed E-state index contributed by atoms with van der Waals surface area (Å²) < 4.78 is 16.9. The average molecular weight is 286 g/mol. The number of fused-ring (bicyclic) bond motifs is 2. The molecule has 2 aliphatic heterocycles. The van der Waals surface area contributed by atoms with Crippen molar-refractivity contribution in [2.24, 2.45) is 11.8 Å². The molecule has 2 bridgehead atoms. The van der Waals surface area contributed by atoms with E-state index in [2.05, 4.69) is 0 Å². The first-order chi connectivity index (χ1) is 10.0. The number of hydrogen-bond donors (Lipinski definition) is 0. The van der Waals surface area contributed by atoms with Crippen LogP contribution in [0.2, 0.25) is 0 Å². The Balaban J connectivity index is 1.65. The fraction of sp³-hybridized carbons (Fsp3) is 0.562. The number of ether oxygens (including phenoxy) is 3. The van der Waals surface area contributed by atoms with Crippen LogP contribution in [-0.2, 0) is 25.6 Å². The molecule has 0 amide bonds. The summed E-state index contributed by atoms with van der Waals surface area (Å²) in [5, 5.41) is 0. The normalized spacial score (nSPS) is 35.6. The molecule has 0 spiro atoms. The topological polar surface area (TPSA) is 44.8 Å². The molecule has 21 heavy (non-hydrogen) atoms. The molecule has 2 fully saturated rings. The number of benzene rings is 1. The summed E-state index contributed by atoms with van der Waals surface area (Å²) in [6.45, 7) is 4.51. The molecule has 5 atom stereocenters. The van der Waals surface area contributed by atoms with Crippen molar-refractivity contribution in [3.05, 3.63) is 35.9 Å². The molecule has 0 saturated carbocycles. The van der Waals surface area contributed by atoms with Gasteiger partial charge in [0.2, 0.25) is 0 Å². The Hall–Kier alpha value is -1.33. The molecule has 2 aliphatic rings. The Morgan fingerprint density at radius 2 is 2.19 bits per heavy atom. The Morgan fingerprint density at radius 1 is 1.48 bits per heavy atom. The van der Waals surface area contributed by atoms with E-state index in [0.717, 1.165) is 5.56 Å². The van der Waals surface area contributed by atoms with Gasteiger partial charge in [0.25, 0.3) is 0 Å². The van der Waals surface area contributed by atoms with E-state index in [-0.39, 0.29) is 24.6 Å². The zero-order valence-corrected chi connectivity index (χ0v) is 12.3. The summed E-state index contributed by atoms with van der Waals surface area (Å²) in [6, 6.07) is 9.16. The minimum Gasteiger partial charge on any atom is -0.461 e. The number of carbonyl (C=O) groups excluding carboxylic acids is 1. The number of hydrogen-bond acceptors (Lipinski definition) is 4. The van der Waals surface area contributed by atoms with Crippen molar-refractivity contribution in [3.63, 3.8) is 0 Å². The van der Waals surface area contributed by atoms with Gasteiger partial charge in [-0.05, 0) is 12.5 Å². The standard InChI is InChI=1S/C16H19BO4/c1-10-13-14(17)21-16(10,9-20-13)11(2)15(18)19-8-12-6-4-3-5-7-12/h3-7,10-11,13-14H,8-9H2,1-2H3/t10?,11-,13+,14-,16+/m1/s1. The van der Waals surface area contributed by atoms with Crippen molar-refractivity contribution in [1.82, 2.24) is 0 Å². The Labute approximate surface area is 126 Å². The summed E-state index contributed by atoms with van der Waals surface area (Å²) in [5.74, 6) is -0.592. The molecule has 5 heteroatoms. The van der Waals surface area contributed by atoms with Crippen LogP contribution in [0.15, 0.2) is 30.3 Å². The highest BCUT2D eigenvalue weighted by Crippen LogP contribution is 2.48. The molecular weight excluding hydrogens is 267 g/mol. The van der Waals surface area contributed by atoms with Crippen LogP contribution in [0.3, 0.4) is 0 Å². The fourth-order valence-corrected chi connectivity index (χ4v) is 3.30. The molecule has 3 rings (SSSR count). The van der Waals surface area contributed by atoms with Gasteiger partial charge in [0, 0.05) is 11.9 Å². The van der Waals surface area contributed by atoms with E-state index in [0.29, 0.717) is 6.61 Å². The van der Waals surface area contributed by atoms with E-state index < -0.39 is 17.5 Å². The minimum absolute atomic E-state index is 0.0896. The van der Waals surface area contributed by atoms with Crippen LogP contribution < -0.4 is 0 Å².